The third kappa shape index (κ3) is 2.18. The average molecular weight is 270 g/mol. The van der Waals surface area contributed by atoms with E-state index in [4.69, 9.17) is 9.52 Å². The number of carboxylic acid groups (broad SMARTS) is 1. The van der Waals surface area contributed by atoms with Gasteiger partial charge in [-0.3, -0.25) is 4.79 Å². The van der Waals surface area contributed by atoms with Gasteiger partial charge in [0.1, 0.15) is 11.9 Å². The Morgan fingerprint density at radius 3 is 3.00 bits per heavy atom. The molecular weight excluding hydrogens is 262 g/mol. The van der Waals surface area contributed by atoms with E-state index < -0.39 is 5.97 Å². The number of benzene rings is 1. The summed E-state index contributed by atoms with van der Waals surface area (Å²) in [5.41, 5.74) is 2.40. The van der Waals surface area contributed by atoms with Crippen LogP contribution < -0.4 is 0 Å². The van der Waals surface area contributed by atoms with Gasteiger partial charge in [0, 0.05) is 5.33 Å². The first-order valence-corrected chi connectivity index (χ1v) is 5.47. The number of hydrogen-bond acceptors (Lipinski definition) is 3. The van der Waals surface area contributed by atoms with Gasteiger partial charge < -0.3 is 9.52 Å². The number of carbonyl (C=O) groups is 1. The zero-order valence-corrected chi connectivity index (χ0v) is 9.32. The number of rotatable bonds is 3. The Hall–Kier alpha value is -1.36. The maximum Gasteiger partial charge on any atom is 0.312 e. The monoisotopic (exact) mass is 269 g/mol. The lowest BCUT2D eigenvalue weighted by molar-refractivity contribution is -0.136. The van der Waals surface area contributed by atoms with Gasteiger partial charge in [0.2, 0.25) is 5.89 Å². The van der Waals surface area contributed by atoms with Crippen LogP contribution in [0.25, 0.3) is 11.1 Å². The standard InChI is InChI=1S/C10H8BrNO3/c11-5-6-1-2-8-7(3-6)12-9(15-8)4-10(13)14/h1-3H,4-5H2,(H,13,14). The smallest absolute Gasteiger partial charge is 0.312 e. The van der Waals surface area contributed by atoms with Gasteiger partial charge in [-0.05, 0) is 17.7 Å². The molecule has 2 aromatic rings. The third-order valence-corrected chi connectivity index (χ3v) is 2.60. The molecule has 1 aromatic heterocycles. The Bertz CT molecular complexity index is 506. The molecule has 4 nitrogen and oxygen atoms in total. The summed E-state index contributed by atoms with van der Waals surface area (Å²) in [7, 11) is 0. The fraction of sp³-hybridized carbons (Fsp3) is 0.200. The van der Waals surface area contributed by atoms with E-state index in [0.29, 0.717) is 11.1 Å². The molecular formula is C10H8BrNO3. The number of hydrogen-bond donors (Lipinski definition) is 1. The fourth-order valence-electron chi connectivity index (χ4n) is 1.31. The van der Waals surface area contributed by atoms with Crippen LogP contribution in [0.1, 0.15) is 11.5 Å². The molecule has 15 heavy (non-hydrogen) atoms. The van der Waals surface area contributed by atoms with Crippen molar-refractivity contribution in [3.8, 4) is 0 Å². The van der Waals surface area contributed by atoms with Gasteiger partial charge in [0.25, 0.3) is 0 Å². The molecule has 0 spiro atoms. The van der Waals surface area contributed by atoms with Crippen molar-refractivity contribution in [1.82, 2.24) is 4.98 Å². The van der Waals surface area contributed by atoms with Crippen molar-refractivity contribution in [3.63, 3.8) is 0 Å². The normalized spacial score (nSPS) is 10.7. The van der Waals surface area contributed by atoms with Crippen LogP contribution >= 0.6 is 15.9 Å². The highest BCUT2D eigenvalue weighted by molar-refractivity contribution is 9.08. The zero-order valence-electron chi connectivity index (χ0n) is 7.74. The van der Waals surface area contributed by atoms with Gasteiger partial charge in [0.15, 0.2) is 5.58 Å². The van der Waals surface area contributed by atoms with E-state index in [1.807, 2.05) is 12.1 Å². The fourth-order valence-corrected chi connectivity index (χ4v) is 1.66. The Labute approximate surface area is 94.0 Å². The second-order valence-electron chi connectivity index (χ2n) is 3.11. The van der Waals surface area contributed by atoms with Crippen LogP contribution in [-0.4, -0.2) is 16.1 Å². The molecule has 0 bridgehead atoms. The van der Waals surface area contributed by atoms with E-state index in [9.17, 15) is 4.79 Å². The molecule has 0 saturated carbocycles. The van der Waals surface area contributed by atoms with Crippen molar-refractivity contribution in [2.45, 2.75) is 11.8 Å². The number of alkyl halides is 1. The average Bonchev–Trinajstić information content (AvgIpc) is 2.57. The summed E-state index contributed by atoms with van der Waals surface area (Å²) in [5, 5.41) is 9.33. The third-order valence-electron chi connectivity index (χ3n) is 1.95. The molecule has 5 heteroatoms. The van der Waals surface area contributed by atoms with Gasteiger partial charge in [0.05, 0.1) is 0 Å². The van der Waals surface area contributed by atoms with E-state index >= 15 is 0 Å². The van der Waals surface area contributed by atoms with Crippen LogP contribution in [0, 0.1) is 0 Å². The molecule has 0 fully saturated rings. The summed E-state index contributed by atoms with van der Waals surface area (Å²) in [4.78, 5) is 14.6. The van der Waals surface area contributed by atoms with Gasteiger partial charge >= 0.3 is 5.97 Å². The van der Waals surface area contributed by atoms with Gasteiger partial charge in [-0.2, -0.15) is 0 Å². The highest BCUT2D eigenvalue weighted by Crippen LogP contribution is 2.18. The Balaban J connectivity index is 2.42. The summed E-state index contributed by atoms with van der Waals surface area (Å²) in [6.45, 7) is 0. The molecule has 0 aliphatic carbocycles. The van der Waals surface area contributed by atoms with Crippen molar-refractivity contribution >= 4 is 33.0 Å². The van der Waals surface area contributed by atoms with E-state index in [-0.39, 0.29) is 12.3 Å². The van der Waals surface area contributed by atoms with E-state index in [1.54, 1.807) is 6.07 Å². The number of carboxylic acids is 1. The van der Waals surface area contributed by atoms with Crippen LogP contribution in [0.2, 0.25) is 0 Å². The number of halogens is 1. The minimum absolute atomic E-state index is 0.182. The summed E-state index contributed by atoms with van der Waals surface area (Å²) >= 11 is 3.34. The molecule has 0 atom stereocenters. The van der Waals surface area contributed by atoms with Gasteiger partial charge in [-0.15, -0.1) is 0 Å². The first-order chi connectivity index (χ1) is 7.19. The zero-order chi connectivity index (χ0) is 10.8. The minimum Gasteiger partial charge on any atom is -0.481 e. The maximum absolute atomic E-state index is 10.5. The topological polar surface area (TPSA) is 63.3 Å². The molecule has 78 valence electrons. The van der Waals surface area contributed by atoms with Crippen molar-refractivity contribution in [2.24, 2.45) is 0 Å². The van der Waals surface area contributed by atoms with E-state index in [2.05, 4.69) is 20.9 Å². The maximum atomic E-state index is 10.5. The lowest BCUT2D eigenvalue weighted by Crippen LogP contribution is -1.99. The van der Waals surface area contributed by atoms with E-state index in [1.165, 1.54) is 0 Å². The van der Waals surface area contributed by atoms with Crippen molar-refractivity contribution in [3.05, 3.63) is 29.7 Å². The molecule has 0 saturated heterocycles. The molecule has 1 N–H and O–H groups in total. The van der Waals surface area contributed by atoms with Crippen molar-refractivity contribution in [2.75, 3.05) is 0 Å². The largest absolute Gasteiger partial charge is 0.481 e. The number of nitrogens with zero attached hydrogens (tertiary/aromatic N) is 1. The predicted molar refractivity (Wildman–Crippen MR) is 58.0 cm³/mol. The summed E-state index contributed by atoms with van der Waals surface area (Å²) in [5.74, 6) is -0.702. The SMILES string of the molecule is O=C(O)Cc1nc2cc(CBr)ccc2o1. The molecule has 0 amide bonds. The quantitative estimate of drug-likeness (QED) is 0.869. The highest BCUT2D eigenvalue weighted by atomic mass is 79.9. The van der Waals surface area contributed by atoms with Crippen molar-refractivity contribution in [1.29, 1.82) is 0 Å². The van der Waals surface area contributed by atoms with Crippen LogP contribution in [0.4, 0.5) is 0 Å². The lowest BCUT2D eigenvalue weighted by atomic mass is 10.2. The second kappa shape index (κ2) is 4.02. The first kappa shape index (κ1) is 10.2. The van der Waals surface area contributed by atoms with Crippen LogP contribution in [0.15, 0.2) is 22.6 Å². The molecule has 0 aliphatic rings. The Kier molecular flexibility index (Phi) is 2.73. The molecule has 1 heterocycles. The Morgan fingerprint density at radius 2 is 2.33 bits per heavy atom. The van der Waals surface area contributed by atoms with Crippen LogP contribution in [0.3, 0.4) is 0 Å². The predicted octanol–water partition coefficient (Wildman–Crippen LogP) is 2.35. The molecule has 1 aromatic carbocycles. The van der Waals surface area contributed by atoms with Crippen LogP contribution in [-0.2, 0) is 16.5 Å². The second-order valence-corrected chi connectivity index (χ2v) is 3.67. The van der Waals surface area contributed by atoms with Gasteiger partial charge in [-0.1, -0.05) is 22.0 Å². The summed E-state index contributed by atoms with van der Waals surface area (Å²) in [6.07, 6.45) is -0.182. The first-order valence-electron chi connectivity index (χ1n) is 4.35. The number of fused-ring (bicyclic) bond motifs is 1. The highest BCUT2D eigenvalue weighted by Gasteiger charge is 2.09. The number of aliphatic carboxylic acids is 1. The molecule has 0 unspecified atom stereocenters. The molecule has 0 aliphatic heterocycles. The number of oxazole rings is 1. The molecule has 0 radical (unpaired) electrons. The molecule has 2 rings (SSSR count). The lowest BCUT2D eigenvalue weighted by Gasteiger charge is -1.91. The van der Waals surface area contributed by atoms with E-state index in [0.717, 1.165) is 10.9 Å². The summed E-state index contributed by atoms with van der Waals surface area (Å²) in [6, 6.07) is 5.58. The van der Waals surface area contributed by atoms with Gasteiger partial charge in [-0.25, -0.2) is 4.98 Å². The van der Waals surface area contributed by atoms with Crippen molar-refractivity contribution < 1.29 is 14.3 Å². The summed E-state index contributed by atoms with van der Waals surface area (Å²) < 4.78 is 5.27. The minimum atomic E-state index is -0.942. The van der Waals surface area contributed by atoms with Crippen LogP contribution in [0.5, 0.6) is 0 Å². The number of aromatic nitrogens is 1. The Morgan fingerprint density at radius 1 is 1.53 bits per heavy atom.